The number of aliphatic carboxylic acids is 1. The van der Waals surface area contributed by atoms with E-state index < -0.39 is 11.9 Å². The first-order valence-electron chi connectivity index (χ1n) is 8.14. The van der Waals surface area contributed by atoms with Crippen molar-refractivity contribution >= 4 is 12.0 Å². The van der Waals surface area contributed by atoms with Crippen LogP contribution in [0.4, 0.5) is 4.79 Å². The standard InChI is InChI=1S/C15H25N3O3/c19-14(20)12-10-3-4-11(9-10)13(12)17-15(21)16-5-8-18-6-1-2-7-18/h10-13H,1-9H2,(H,19,20)(H2,16,17,21). The van der Waals surface area contributed by atoms with Crippen LogP contribution in [0.15, 0.2) is 0 Å². The Morgan fingerprint density at radius 2 is 1.86 bits per heavy atom. The van der Waals surface area contributed by atoms with Gasteiger partial charge in [0.05, 0.1) is 5.92 Å². The fraction of sp³-hybridized carbons (Fsp3) is 0.867. The Morgan fingerprint density at radius 1 is 1.14 bits per heavy atom. The number of nitrogens with one attached hydrogen (secondary N) is 2. The molecule has 0 spiro atoms. The molecule has 0 aromatic carbocycles. The second kappa shape index (κ2) is 6.22. The van der Waals surface area contributed by atoms with Crippen LogP contribution in [0.2, 0.25) is 0 Å². The molecular formula is C15H25N3O3. The van der Waals surface area contributed by atoms with Gasteiger partial charge in [-0.15, -0.1) is 0 Å². The molecule has 118 valence electrons. The minimum absolute atomic E-state index is 0.187. The summed E-state index contributed by atoms with van der Waals surface area (Å²) in [6.45, 7) is 3.75. The van der Waals surface area contributed by atoms with Gasteiger partial charge in [-0.05, 0) is 57.0 Å². The van der Waals surface area contributed by atoms with E-state index in [-0.39, 0.29) is 18.0 Å². The maximum Gasteiger partial charge on any atom is 0.315 e. The average Bonchev–Trinajstić information content (AvgIpc) is 3.14. The second-order valence-corrected chi connectivity index (χ2v) is 6.67. The highest BCUT2D eigenvalue weighted by Gasteiger charge is 2.51. The van der Waals surface area contributed by atoms with Gasteiger partial charge in [-0.2, -0.15) is 0 Å². The van der Waals surface area contributed by atoms with Crippen molar-refractivity contribution < 1.29 is 14.7 Å². The number of carbonyl (C=O) groups excluding carboxylic acids is 1. The molecule has 3 fully saturated rings. The van der Waals surface area contributed by atoms with E-state index in [0.29, 0.717) is 12.5 Å². The van der Waals surface area contributed by atoms with Crippen molar-refractivity contribution in [3.8, 4) is 0 Å². The Balaban J connectivity index is 1.44. The first-order chi connectivity index (χ1) is 10.1. The van der Waals surface area contributed by atoms with Gasteiger partial charge in [0.2, 0.25) is 0 Å². The molecule has 2 aliphatic carbocycles. The molecule has 4 atom stereocenters. The van der Waals surface area contributed by atoms with Crippen LogP contribution in [0.1, 0.15) is 32.1 Å². The van der Waals surface area contributed by atoms with E-state index in [4.69, 9.17) is 0 Å². The SMILES string of the molecule is O=C(NCCN1CCCC1)NC1C2CCC(C2)C1C(=O)O. The van der Waals surface area contributed by atoms with Gasteiger partial charge < -0.3 is 20.6 Å². The predicted octanol–water partition coefficient (Wildman–Crippen LogP) is 0.881. The van der Waals surface area contributed by atoms with Crippen molar-refractivity contribution in [2.45, 2.75) is 38.1 Å². The fourth-order valence-electron chi connectivity index (χ4n) is 4.39. The molecule has 1 heterocycles. The third kappa shape index (κ3) is 3.15. The third-order valence-electron chi connectivity index (χ3n) is 5.41. The predicted molar refractivity (Wildman–Crippen MR) is 78.0 cm³/mol. The normalized spacial score (nSPS) is 35.0. The van der Waals surface area contributed by atoms with Crippen molar-refractivity contribution in [2.24, 2.45) is 17.8 Å². The Kier molecular flexibility index (Phi) is 4.33. The summed E-state index contributed by atoms with van der Waals surface area (Å²) >= 11 is 0. The van der Waals surface area contributed by atoms with E-state index >= 15 is 0 Å². The van der Waals surface area contributed by atoms with E-state index in [1.54, 1.807) is 0 Å². The van der Waals surface area contributed by atoms with Crippen LogP contribution >= 0.6 is 0 Å². The van der Waals surface area contributed by atoms with E-state index in [1.165, 1.54) is 12.8 Å². The van der Waals surface area contributed by atoms with Crippen molar-refractivity contribution in [2.75, 3.05) is 26.2 Å². The zero-order valence-corrected chi connectivity index (χ0v) is 12.4. The molecule has 2 amide bonds. The molecular weight excluding hydrogens is 270 g/mol. The summed E-state index contributed by atoms with van der Waals surface area (Å²) in [6.07, 6.45) is 5.49. The lowest BCUT2D eigenvalue weighted by Gasteiger charge is -2.29. The van der Waals surface area contributed by atoms with Crippen LogP contribution in [0.3, 0.4) is 0 Å². The summed E-state index contributed by atoms with van der Waals surface area (Å²) < 4.78 is 0. The van der Waals surface area contributed by atoms with Crippen LogP contribution in [-0.4, -0.2) is 54.2 Å². The molecule has 3 rings (SSSR count). The van der Waals surface area contributed by atoms with Crippen molar-refractivity contribution in [3.05, 3.63) is 0 Å². The monoisotopic (exact) mass is 295 g/mol. The zero-order valence-electron chi connectivity index (χ0n) is 12.4. The number of nitrogens with zero attached hydrogens (tertiary/aromatic N) is 1. The van der Waals surface area contributed by atoms with Crippen molar-refractivity contribution in [3.63, 3.8) is 0 Å². The number of hydrogen-bond donors (Lipinski definition) is 3. The van der Waals surface area contributed by atoms with Crippen LogP contribution in [-0.2, 0) is 4.79 Å². The van der Waals surface area contributed by atoms with Gasteiger partial charge in [0.25, 0.3) is 0 Å². The number of carboxylic acid groups (broad SMARTS) is 1. The lowest BCUT2D eigenvalue weighted by atomic mass is 9.84. The summed E-state index contributed by atoms with van der Waals surface area (Å²) in [5.41, 5.74) is 0. The molecule has 1 aliphatic heterocycles. The lowest BCUT2D eigenvalue weighted by molar-refractivity contribution is -0.144. The number of likely N-dealkylation sites (tertiary alicyclic amines) is 1. The van der Waals surface area contributed by atoms with Crippen LogP contribution in [0.5, 0.6) is 0 Å². The summed E-state index contributed by atoms with van der Waals surface area (Å²) in [7, 11) is 0. The van der Waals surface area contributed by atoms with Gasteiger partial charge in [0.1, 0.15) is 0 Å². The van der Waals surface area contributed by atoms with Crippen molar-refractivity contribution in [1.29, 1.82) is 0 Å². The first-order valence-corrected chi connectivity index (χ1v) is 8.14. The molecule has 0 radical (unpaired) electrons. The number of fused-ring (bicyclic) bond motifs is 2. The minimum Gasteiger partial charge on any atom is -0.481 e. The maximum atomic E-state index is 12.0. The van der Waals surface area contributed by atoms with E-state index in [0.717, 1.165) is 38.9 Å². The topological polar surface area (TPSA) is 81.7 Å². The van der Waals surface area contributed by atoms with Gasteiger partial charge >= 0.3 is 12.0 Å². The average molecular weight is 295 g/mol. The van der Waals surface area contributed by atoms with Gasteiger partial charge in [-0.1, -0.05) is 0 Å². The van der Waals surface area contributed by atoms with E-state index in [1.807, 2.05) is 0 Å². The number of amides is 2. The van der Waals surface area contributed by atoms with Gasteiger partial charge in [-0.3, -0.25) is 4.79 Å². The molecule has 3 N–H and O–H groups in total. The second-order valence-electron chi connectivity index (χ2n) is 6.67. The smallest absolute Gasteiger partial charge is 0.315 e. The van der Waals surface area contributed by atoms with E-state index in [9.17, 15) is 14.7 Å². The van der Waals surface area contributed by atoms with E-state index in [2.05, 4.69) is 15.5 Å². The molecule has 0 aromatic heterocycles. The number of urea groups is 1. The molecule has 4 unspecified atom stereocenters. The Bertz CT molecular complexity index is 409. The quantitative estimate of drug-likeness (QED) is 0.703. The Labute approximate surface area is 125 Å². The van der Waals surface area contributed by atoms with Crippen LogP contribution in [0.25, 0.3) is 0 Å². The molecule has 2 saturated carbocycles. The Morgan fingerprint density at radius 3 is 2.57 bits per heavy atom. The molecule has 3 aliphatic rings. The molecule has 0 aromatic rings. The maximum absolute atomic E-state index is 12.0. The lowest BCUT2D eigenvalue weighted by Crippen LogP contribution is -2.51. The first kappa shape index (κ1) is 14.6. The minimum atomic E-state index is -0.760. The number of carboxylic acids is 1. The zero-order chi connectivity index (χ0) is 14.8. The van der Waals surface area contributed by atoms with Crippen LogP contribution in [0, 0.1) is 17.8 Å². The fourth-order valence-corrected chi connectivity index (χ4v) is 4.39. The summed E-state index contributed by atoms with van der Waals surface area (Å²) in [4.78, 5) is 25.7. The summed E-state index contributed by atoms with van der Waals surface area (Å²) in [5.74, 6) is -0.555. The number of hydrogen-bond acceptors (Lipinski definition) is 3. The highest BCUT2D eigenvalue weighted by atomic mass is 16.4. The molecule has 6 heteroatoms. The summed E-state index contributed by atoms with van der Waals surface area (Å²) in [6, 6.07) is -0.397. The van der Waals surface area contributed by atoms with Gasteiger partial charge in [0, 0.05) is 19.1 Å². The third-order valence-corrected chi connectivity index (χ3v) is 5.41. The van der Waals surface area contributed by atoms with Crippen molar-refractivity contribution in [1.82, 2.24) is 15.5 Å². The largest absolute Gasteiger partial charge is 0.481 e. The van der Waals surface area contributed by atoms with Gasteiger partial charge in [-0.25, -0.2) is 4.79 Å². The summed E-state index contributed by atoms with van der Waals surface area (Å²) in [5, 5.41) is 15.1. The number of carbonyl (C=O) groups is 2. The van der Waals surface area contributed by atoms with Gasteiger partial charge in [0.15, 0.2) is 0 Å². The Hall–Kier alpha value is -1.30. The highest BCUT2D eigenvalue weighted by Crippen LogP contribution is 2.48. The molecule has 2 bridgehead atoms. The molecule has 1 saturated heterocycles. The van der Waals surface area contributed by atoms with Crippen LogP contribution < -0.4 is 10.6 Å². The molecule has 6 nitrogen and oxygen atoms in total. The molecule has 21 heavy (non-hydrogen) atoms. The number of rotatable bonds is 5. The highest BCUT2D eigenvalue weighted by molar-refractivity contribution is 5.77.